The summed E-state index contributed by atoms with van der Waals surface area (Å²) in [5, 5.41) is 9.04. The van der Waals surface area contributed by atoms with E-state index in [2.05, 4.69) is 41.5 Å². The van der Waals surface area contributed by atoms with Crippen molar-refractivity contribution in [3.63, 3.8) is 0 Å². The van der Waals surface area contributed by atoms with Crippen LogP contribution in [0.25, 0.3) is 0 Å². The first-order chi connectivity index (χ1) is 11.5. The normalized spacial score (nSPS) is 37.5. The number of thiol groups is 1. The van der Waals surface area contributed by atoms with Crippen LogP contribution in [0.4, 0.5) is 0 Å². The maximum Gasteiger partial charge on any atom is 0.188 e. The van der Waals surface area contributed by atoms with Gasteiger partial charge in [-0.3, -0.25) is 5.41 Å². The van der Waals surface area contributed by atoms with Crippen LogP contribution in [-0.2, 0) is 4.74 Å². The summed E-state index contributed by atoms with van der Waals surface area (Å²) in [6.07, 6.45) is 9.18. The van der Waals surface area contributed by atoms with Gasteiger partial charge in [-0.1, -0.05) is 34.6 Å². The molecule has 3 saturated carbocycles. The van der Waals surface area contributed by atoms with Crippen molar-refractivity contribution in [3.05, 3.63) is 0 Å². The summed E-state index contributed by atoms with van der Waals surface area (Å²) in [6, 6.07) is 0. The zero-order valence-electron chi connectivity index (χ0n) is 17.2. The average Bonchev–Trinajstić information content (AvgIpc) is 2.50. The monoisotopic (exact) mass is 365 g/mol. The fourth-order valence-corrected chi connectivity index (χ4v) is 6.42. The van der Waals surface area contributed by atoms with Crippen LogP contribution in [0.15, 0.2) is 0 Å². The lowest BCUT2D eigenvalue weighted by molar-refractivity contribution is -0.136. The van der Waals surface area contributed by atoms with Gasteiger partial charge in [0, 0.05) is 5.75 Å². The van der Waals surface area contributed by atoms with Gasteiger partial charge < -0.3 is 4.74 Å². The van der Waals surface area contributed by atoms with Gasteiger partial charge in [0.05, 0.1) is 5.41 Å². The molecule has 3 unspecified atom stereocenters. The zero-order valence-corrected chi connectivity index (χ0v) is 18.1. The van der Waals surface area contributed by atoms with Crippen LogP contribution in [0.3, 0.4) is 0 Å². The molecule has 3 aliphatic carbocycles. The smallest absolute Gasteiger partial charge is 0.188 e. The SMILES string of the molecule is CC(C)(C)C(C)(C)C(C)(CS)C(=N)OC12CC3CCC1CCC(C3)C2. The lowest BCUT2D eigenvalue weighted by Gasteiger charge is -2.58. The van der Waals surface area contributed by atoms with Crippen molar-refractivity contribution in [1.82, 2.24) is 0 Å². The highest BCUT2D eigenvalue weighted by Gasteiger charge is 2.57. The molecule has 0 aromatic carbocycles. The van der Waals surface area contributed by atoms with Gasteiger partial charge in [-0.2, -0.15) is 12.6 Å². The van der Waals surface area contributed by atoms with Gasteiger partial charge in [0.25, 0.3) is 0 Å². The van der Waals surface area contributed by atoms with E-state index in [0.29, 0.717) is 17.6 Å². The third-order valence-corrected chi connectivity index (χ3v) is 9.54. The number of nitrogens with one attached hydrogen (secondary N) is 1. The van der Waals surface area contributed by atoms with Gasteiger partial charge in [-0.15, -0.1) is 0 Å². The van der Waals surface area contributed by atoms with Crippen LogP contribution in [0.2, 0.25) is 0 Å². The molecule has 0 saturated heterocycles. The number of fused-ring (bicyclic) bond motifs is 2. The quantitative estimate of drug-likeness (QED) is 0.340. The summed E-state index contributed by atoms with van der Waals surface area (Å²) in [5.41, 5.74) is -0.387. The van der Waals surface area contributed by atoms with E-state index in [4.69, 9.17) is 22.8 Å². The van der Waals surface area contributed by atoms with Gasteiger partial charge in [0.2, 0.25) is 0 Å². The van der Waals surface area contributed by atoms with E-state index in [9.17, 15) is 0 Å². The summed E-state index contributed by atoms with van der Waals surface area (Å²) in [6.45, 7) is 13.6. The van der Waals surface area contributed by atoms with E-state index in [0.717, 1.165) is 11.8 Å². The molecule has 1 N–H and O–H groups in total. The standard InChI is InChI=1S/C22H39NOS/c1-19(2,3)20(4,5)21(6,14-25)18(23)24-22-12-15-7-9-17(22)10-8-16(11-15)13-22/h15-17,23,25H,7-14H2,1-6H3. The molecule has 3 rings (SSSR count). The Balaban J connectivity index is 1.87. The summed E-state index contributed by atoms with van der Waals surface area (Å²) in [7, 11) is 0. The van der Waals surface area contributed by atoms with E-state index in [1.54, 1.807) is 0 Å². The lowest BCUT2D eigenvalue weighted by atomic mass is 9.54. The molecule has 3 aliphatic rings. The first kappa shape index (κ1) is 19.6. The van der Waals surface area contributed by atoms with Crippen molar-refractivity contribution >= 4 is 18.5 Å². The number of ether oxygens (including phenoxy) is 1. The lowest BCUT2D eigenvalue weighted by Crippen LogP contribution is -2.58. The highest BCUT2D eigenvalue weighted by Crippen LogP contribution is 2.58. The summed E-state index contributed by atoms with van der Waals surface area (Å²) in [4.78, 5) is 0. The molecule has 0 aliphatic heterocycles. The van der Waals surface area contributed by atoms with Gasteiger partial charge in [0.15, 0.2) is 5.90 Å². The predicted octanol–water partition coefficient (Wildman–Crippen LogP) is 6.35. The minimum absolute atomic E-state index is 0.0423. The molecule has 0 heterocycles. The Bertz CT molecular complexity index is 519. The van der Waals surface area contributed by atoms with Crippen molar-refractivity contribution < 1.29 is 4.74 Å². The molecule has 3 bridgehead atoms. The first-order valence-electron chi connectivity index (χ1n) is 10.3. The highest BCUT2D eigenvalue weighted by atomic mass is 32.1. The minimum Gasteiger partial charge on any atom is -0.474 e. The second-order valence-corrected chi connectivity index (χ2v) is 11.4. The fourth-order valence-electron chi connectivity index (χ4n) is 5.88. The summed E-state index contributed by atoms with van der Waals surface area (Å²) in [5.74, 6) is 3.49. The first-order valence-corrected chi connectivity index (χ1v) is 11.0. The molecule has 3 heteroatoms. The Labute approximate surface area is 160 Å². The topological polar surface area (TPSA) is 33.1 Å². The second kappa shape index (κ2) is 6.17. The van der Waals surface area contributed by atoms with Crippen molar-refractivity contribution in [2.75, 3.05) is 5.75 Å². The molecule has 3 atom stereocenters. The third kappa shape index (κ3) is 2.97. The molecule has 0 aromatic rings. The third-order valence-electron chi connectivity index (χ3n) is 8.90. The van der Waals surface area contributed by atoms with E-state index in [1.165, 1.54) is 44.9 Å². The molecule has 144 valence electrons. The fraction of sp³-hybridized carbons (Fsp3) is 0.955. The van der Waals surface area contributed by atoms with Crippen molar-refractivity contribution in [2.24, 2.45) is 34.0 Å². The number of hydrogen-bond donors (Lipinski definition) is 2. The number of rotatable bonds is 4. The predicted molar refractivity (Wildman–Crippen MR) is 110 cm³/mol. The summed E-state index contributed by atoms with van der Waals surface area (Å²) < 4.78 is 6.76. The number of hydrogen-bond acceptors (Lipinski definition) is 3. The summed E-state index contributed by atoms with van der Waals surface area (Å²) >= 11 is 4.71. The van der Waals surface area contributed by atoms with E-state index in [1.807, 2.05) is 0 Å². The molecule has 0 radical (unpaired) electrons. The van der Waals surface area contributed by atoms with Crippen LogP contribution in [0.5, 0.6) is 0 Å². The zero-order chi connectivity index (χ0) is 18.7. The maximum absolute atomic E-state index is 9.04. The van der Waals surface area contributed by atoms with E-state index in [-0.39, 0.29) is 21.8 Å². The Morgan fingerprint density at radius 2 is 1.52 bits per heavy atom. The molecule has 25 heavy (non-hydrogen) atoms. The maximum atomic E-state index is 9.04. The second-order valence-electron chi connectivity index (χ2n) is 11.1. The van der Waals surface area contributed by atoms with Gasteiger partial charge in [0.1, 0.15) is 5.60 Å². The van der Waals surface area contributed by atoms with Crippen LogP contribution < -0.4 is 0 Å². The molecule has 0 spiro atoms. The Morgan fingerprint density at radius 1 is 1.00 bits per heavy atom. The van der Waals surface area contributed by atoms with Crippen LogP contribution >= 0.6 is 12.6 Å². The molecule has 3 fully saturated rings. The van der Waals surface area contributed by atoms with Crippen molar-refractivity contribution in [2.45, 2.75) is 92.1 Å². The Hall–Kier alpha value is -0.180. The van der Waals surface area contributed by atoms with Gasteiger partial charge >= 0.3 is 0 Å². The molecule has 2 nitrogen and oxygen atoms in total. The largest absolute Gasteiger partial charge is 0.474 e. The molecule has 0 aromatic heterocycles. The van der Waals surface area contributed by atoms with Crippen LogP contribution in [0, 0.1) is 39.4 Å². The van der Waals surface area contributed by atoms with Crippen LogP contribution in [0.1, 0.15) is 86.5 Å². The van der Waals surface area contributed by atoms with E-state index < -0.39 is 0 Å². The minimum atomic E-state index is -0.354. The van der Waals surface area contributed by atoms with Gasteiger partial charge in [-0.25, -0.2) is 0 Å². The van der Waals surface area contributed by atoms with Gasteiger partial charge in [-0.05, 0) is 80.5 Å². The average molecular weight is 366 g/mol. The molecular weight excluding hydrogens is 326 g/mol. The molecule has 0 amide bonds. The Kier molecular flexibility index (Phi) is 4.84. The van der Waals surface area contributed by atoms with E-state index >= 15 is 0 Å². The molecular formula is C22H39NOS. The van der Waals surface area contributed by atoms with Crippen molar-refractivity contribution in [3.8, 4) is 0 Å². The van der Waals surface area contributed by atoms with Crippen LogP contribution in [-0.4, -0.2) is 17.3 Å². The van der Waals surface area contributed by atoms with Crippen molar-refractivity contribution in [1.29, 1.82) is 5.41 Å². The highest BCUT2D eigenvalue weighted by molar-refractivity contribution is 7.80. The Morgan fingerprint density at radius 3 is 1.96 bits per heavy atom.